The third-order valence-electron chi connectivity index (χ3n) is 2.38. The van der Waals surface area contributed by atoms with Crippen LogP contribution < -0.4 is 10.4 Å². The van der Waals surface area contributed by atoms with Crippen molar-refractivity contribution in [3.8, 4) is 0 Å². The van der Waals surface area contributed by atoms with Crippen molar-refractivity contribution in [2.45, 2.75) is 25.7 Å². The maximum absolute atomic E-state index is 11.6. The molecule has 0 aliphatic carbocycles. The van der Waals surface area contributed by atoms with Gasteiger partial charge in [0.25, 0.3) is 5.91 Å². The lowest BCUT2D eigenvalue weighted by Crippen LogP contribution is -2.24. The molecule has 92 valence electrons. The molecule has 1 aromatic carbocycles. The van der Waals surface area contributed by atoms with Crippen LogP contribution in [0, 0.1) is 0 Å². The Kier molecular flexibility index (Phi) is 5.79. The highest BCUT2D eigenvalue weighted by atomic mass is 16.4. The van der Waals surface area contributed by atoms with E-state index in [-0.39, 0.29) is 12.3 Å². The molecular weight excluding hydrogens is 218 g/mol. The van der Waals surface area contributed by atoms with E-state index in [1.165, 1.54) is 0 Å². The second kappa shape index (κ2) is 7.44. The zero-order valence-electron chi connectivity index (χ0n) is 9.65. The maximum atomic E-state index is 11.6. The van der Waals surface area contributed by atoms with Gasteiger partial charge in [0.15, 0.2) is 0 Å². The summed E-state index contributed by atoms with van der Waals surface area (Å²) in [5, 5.41) is 12.9. The lowest BCUT2D eigenvalue weighted by Gasteiger charge is -2.05. The molecule has 4 heteroatoms. The molecule has 0 radical (unpaired) electrons. The van der Waals surface area contributed by atoms with Gasteiger partial charge in [-0.3, -0.25) is 4.79 Å². The van der Waals surface area contributed by atoms with Crippen LogP contribution in [0.15, 0.2) is 30.3 Å². The number of nitrogens with one attached hydrogen (secondary N) is 1. The summed E-state index contributed by atoms with van der Waals surface area (Å²) in [6, 6.07) is 9.00. The van der Waals surface area contributed by atoms with E-state index < -0.39 is 5.97 Å². The van der Waals surface area contributed by atoms with E-state index in [0.29, 0.717) is 18.5 Å². The van der Waals surface area contributed by atoms with Crippen LogP contribution in [0.2, 0.25) is 0 Å². The number of carboxylic acid groups (broad SMARTS) is 1. The first-order chi connectivity index (χ1) is 8.20. The first-order valence-electron chi connectivity index (χ1n) is 5.73. The molecule has 0 spiro atoms. The zero-order chi connectivity index (χ0) is 12.5. The van der Waals surface area contributed by atoms with Gasteiger partial charge in [-0.25, -0.2) is 0 Å². The highest BCUT2D eigenvalue weighted by Crippen LogP contribution is 2.00. The lowest BCUT2D eigenvalue weighted by molar-refractivity contribution is -0.305. The van der Waals surface area contributed by atoms with Crippen LogP contribution in [0.1, 0.15) is 36.0 Å². The Morgan fingerprint density at radius 2 is 1.76 bits per heavy atom. The van der Waals surface area contributed by atoms with Crippen molar-refractivity contribution in [1.29, 1.82) is 0 Å². The van der Waals surface area contributed by atoms with Crippen molar-refractivity contribution < 1.29 is 14.7 Å². The fourth-order valence-corrected chi connectivity index (χ4v) is 1.46. The summed E-state index contributed by atoms with van der Waals surface area (Å²) in [6.07, 6.45) is 2.26. The molecule has 0 fully saturated rings. The van der Waals surface area contributed by atoms with Gasteiger partial charge >= 0.3 is 0 Å². The molecule has 0 bridgehead atoms. The molecule has 0 heterocycles. The molecule has 1 amide bonds. The molecule has 4 nitrogen and oxygen atoms in total. The van der Waals surface area contributed by atoms with Gasteiger partial charge < -0.3 is 15.2 Å². The summed E-state index contributed by atoms with van der Waals surface area (Å²) < 4.78 is 0. The number of unbranched alkanes of at least 4 members (excludes halogenated alkanes) is 2. The average molecular weight is 234 g/mol. The van der Waals surface area contributed by atoms with Crippen molar-refractivity contribution in [1.82, 2.24) is 5.32 Å². The number of hydrogen-bond donors (Lipinski definition) is 1. The number of carbonyl (C=O) groups excluding carboxylic acids is 2. The molecule has 0 unspecified atom stereocenters. The van der Waals surface area contributed by atoms with Crippen LogP contribution in [-0.4, -0.2) is 18.4 Å². The monoisotopic (exact) mass is 234 g/mol. The van der Waals surface area contributed by atoms with Gasteiger partial charge in [-0.15, -0.1) is 0 Å². The minimum absolute atomic E-state index is 0.0899. The molecule has 1 N–H and O–H groups in total. The number of rotatable bonds is 7. The minimum atomic E-state index is -1.02. The van der Waals surface area contributed by atoms with Crippen molar-refractivity contribution in [3.05, 3.63) is 35.9 Å². The Bertz CT molecular complexity index is 362. The SMILES string of the molecule is O=C([O-])CCCCCNC(=O)c1ccccc1. The van der Waals surface area contributed by atoms with E-state index in [4.69, 9.17) is 0 Å². The van der Waals surface area contributed by atoms with Gasteiger partial charge in [-0.2, -0.15) is 0 Å². The fraction of sp³-hybridized carbons (Fsp3) is 0.385. The van der Waals surface area contributed by atoms with Crippen LogP contribution in [0.3, 0.4) is 0 Å². The van der Waals surface area contributed by atoms with Crippen molar-refractivity contribution in [2.75, 3.05) is 6.54 Å². The number of carboxylic acids is 1. The summed E-state index contributed by atoms with van der Waals surface area (Å²) in [6.45, 7) is 0.570. The number of carbonyl (C=O) groups is 2. The summed E-state index contributed by atoms with van der Waals surface area (Å²) in [7, 11) is 0. The second-order valence-corrected chi connectivity index (χ2v) is 3.80. The molecule has 0 aliphatic rings. The zero-order valence-corrected chi connectivity index (χ0v) is 9.65. The molecule has 1 rings (SSSR count). The summed E-state index contributed by atoms with van der Waals surface area (Å²) in [4.78, 5) is 21.7. The van der Waals surface area contributed by atoms with Crippen molar-refractivity contribution in [2.24, 2.45) is 0 Å². The van der Waals surface area contributed by atoms with Gasteiger partial charge in [0.2, 0.25) is 0 Å². The summed E-state index contributed by atoms with van der Waals surface area (Å²) in [5.74, 6) is -1.11. The van der Waals surface area contributed by atoms with E-state index in [2.05, 4.69) is 5.32 Å². The standard InChI is InChI=1S/C13H17NO3/c15-12(16)9-5-2-6-10-14-13(17)11-7-3-1-4-8-11/h1,3-4,7-8H,2,5-6,9-10H2,(H,14,17)(H,15,16)/p-1. The molecule has 1 aromatic rings. The third kappa shape index (κ3) is 5.70. The van der Waals surface area contributed by atoms with E-state index in [1.807, 2.05) is 18.2 Å². The quantitative estimate of drug-likeness (QED) is 0.707. The fourth-order valence-electron chi connectivity index (χ4n) is 1.46. The molecule has 0 aromatic heterocycles. The molecule has 0 atom stereocenters. The smallest absolute Gasteiger partial charge is 0.251 e. The Morgan fingerprint density at radius 1 is 1.06 bits per heavy atom. The van der Waals surface area contributed by atoms with Crippen LogP contribution in [-0.2, 0) is 4.79 Å². The van der Waals surface area contributed by atoms with Crippen LogP contribution in [0.5, 0.6) is 0 Å². The highest BCUT2D eigenvalue weighted by molar-refractivity contribution is 5.94. The van der Waals surface area contributed by atoms with Crippen LogP contribution >= 0.6 is 0 Å². The molecular formula is C13H16NO3-. The first-order valence-corrected chi connectivity index (χ1v) is 5.73. The van der Waals surface area contributed by atoms with Crippen molar-refractivity contribution >= 4 is 11.9 Å². The van der Waals surface area contributed by atoms with Crippen molar-refractivity contribution in [3.63, 3.8) is 0 Å². The molecule has 0 saturated heterocycles. The second-order valence-electron chi connectivity index (χ2n) is 3.80. The number of hydrogen-bond acceptors (Lipinski definition) is 3. The topological polar surface area (TPSA) is 69.2 Å². The largest absolute Gasteiger partial charge is 0.550 e. The first kappa shape index (κ1) is 13.2. The molecule has 17 heavy (non-hydrogen) atoms. The Labute approximate surface area is 101 Å². The van der Waals surface area contributed by atoms with Gasteiger partial charge in [0.05, 0.1) is 0 Å². The predicted molar refractivity (Wildman–Crippen MR) is 62.3 cm³/mol. The summed E-state index contributed by atoms with van der Waals surface area (Å²) >= 11 is 0. The van der Waals surface area contributed by atoms with E-state index >= 15 is 0 Å². The molecule has 0 saturated carbocycles. The maximum Gasteiger partial charge on any atom is 0.251 e. The predicted octanol–water partition coefficient (Wildman–Crippen LogP) is 0.727. The number of benzene rings is 1. The Morgan fingerprint density at radius 3 is 2.41 bits per heavy atom. The normalized spacial score (nSPS) is 9.88. The highest BCUT2D eigenvalue weighted by Gasteiger charge is 2.02. The van der Waals surface area contributed by atoms with Gasteiger partial charge in [-0.1, -0.05) is 24.6 Å². The number of amides is 1. The van der Waals surface area contributed by atoms with Gasteiger partial charge in [-0.05, 0) is 31.4 Å². The molecule has 0 aliphatic heterocycles. The van der Waals surface area contributed by atoms with Gasteiger partial charge in [0.1, 0.15) is 0 Å². The lowest BCUT2D eigenvalue weighted by atomic mass is 10.2. The third-order valence-corrected chi connectivity index (χ3v) is 2.38. The number of aliphatic carboxylic acids is 1. The summed E-state index contributed by atoms with van der Waals surface area (Å²) in [5.41, 5.74) is 0.641. The average Bonchev–Trinajstić information content (AvgIpc) is 2.34. The Hall–Kier alpha value is -1.84. The minimum Gasteiger partial charge on any atom is -0.550 e. The van der Waals surface area contributed by atoms with E-state index in [0.717, 1.165) is 12.8 Å². The van der Waals surface area contributed by atoms with E-state index in [1.54, 1.807) is 12.1 Å². The van der Waals surface area contributed by atoms with Crippen LogP contribution in [0.4, 0.5) is 0 Å². The van der Waals surface area contributed by atoms with Gasteiger partial charge in [0, 0.05) is 18.1 Å². The van der Waals surface area contributed by atoms with Crippen LogP contribution in [0.25, 0.3) is 0 Å². The Balaban J connectivity index is 2.11. The van der Waals surface area contributed by atoms with E-state index in [9.17, 15) is 14.7 Å².